The lowest BCUT2D eigenvalue weighted by Crippen LogP contribution is -2.39. The number of aryl methyl sites for hydroxylation is 1. The summed E-state index contributed by atoms with van der Waals surface area (Å²) in [6, 6.07) is 20.0. The highest BCUT2D eigenvalue weighted by molar-refractivity contribution is 6.31. The molecule has 0 aliphatic heterocycles. The van der Waals surface area contributed by atoms with Crippen molar-refractivity contribution < 1.29 is 19.4 Å². The molecule has 1 unspecified atom stereocenters. The number of benzene rings is 3. The Morgan fingerprint density at radius 3 is 2.16 bits per heavy atom. The quantitative estimate of drug-likeness (QED) is 0.497. The molecular weight excluding hydrogens is 426 g/mol. The molecule has 6 heteroatoms. The van der Waals surface area contributed by atoms with Gasteiger partial charge in [-0.3, -0.25) is 4.90 Å². The van der Waals surface area contributed by atoms with Crippen LogP contribution in [0.1, 0.15) is 41.1 Å². The van der Waals surface area contributed by atoms with Gasteiger partial charge in [0.25, 0.3) is 0 Å². The van der Waals surface area contributed by atoms with Gasteiger partial charge in [-0.1, -0.05) is 72.3 Å². The molecule has 0 spiro atoms. The zero-order valence-corrected chi connectivity index (χ0v) is 18.7. The number of amides is 1. The van der Waals surface area contributed by atoms with Crippen molar-refractivity contribution in [2.24, 2.45) is 0 Å². The van der Waals surface area contributed by atoms with E-state index >= 15 is 0 Å². The Morgan fingerprint density at radius 2 is 1.62 bits per heavy atom. The van der Waals surface area contributed by atoms with E-state index in [1.807, 2.05) is 43.3 Å². The second-order valence-corrected chi connectivity index (χ2v) is 8.25. The number of hydrogen-bond donors (Lipinski definition) is 1. The van der Waals surface area contributed by atoms with E-state index in [0.717, 1.165) is 27.8 Å². The van der Waals surface area contributed by atoms with E-state index in [1.54, 1.807) is 25.1 Å². The minimum atomic E-state index is -1.19. The maximum absolute atomic E-state index is 13.0. The molecule has 32 heavy (non-hydrogen) atoms. The average molecular weight is 450 g/mol. The van der Waals surface area contributed by atoms with Gasteiger partial charge in [-0.05, 0) is 53.3 Å². The molecule has 3 aromatic rings. The maximum atomic E-state index is 13.0. The van der Waals surface area contributed by atoms with E-state index < -0.39 is 18.1 Å². The molecule has 1 aliphatic carbocycles. The predicted molar refractivity (Wildman–Crippen MR) is 124 cm³/mol. The normalized spacial score (nSPS) is 13.2. The number of carboxylic acid groups (broad SMARTS) is 1. The topological polar surface area (TPSA) is 66.8 Å². The molecular formula is C26H24ClNO4. The van der Waals surface area contributed by atoms with Crippen LogP contribution in [0, 0.1) is 6.92 Å². The molecule has 0 fully saturated rings. The fraction of sp³-hybridized carbons (Fsp3) is 0.231. The lowest BCUT2D eigenvalue weighted by atomic mass is 9.98. The van der Waals surface area contributed by atoms with E-state index in [2.05, 4.69) is 12.1 Å². The van der Waals surface area contributed by atoms with Crippen molar-refractivity contribution in [3.05, 3.63) is 94.0 Å². The number of likely N-dealkylation sites (N-methyl/N-ethyl adjacent to an activating group) is 1. The highest BCUT2D eigenvalue weighted by atomic mass is 35.5. The van der Waals surface area contributed by atoms with E-state index in [4.69, 9.17) is 16.3 Å². The lowest BCUT2D eigenvalue weighted by Gasteiger charge is -2.28. The Kier molecular flexibility index (Phi) is 6.19. The number of hydrogen-bond acceptors (Lipinski definition) is 3. The third kappa shape index (κ3) is 3.96. The Balaban J connectivity index is 1.57. The summed E-state index contributed by atoms with van der Waals surface area (Å²) < 4.78 is 5.69. The third-order valence-corrected chi connectivity index (χ3v) is 6.38. The maximum Gasteiger partial charge on any atom is 0.410 e. The molecule has 0 bridgehead atoms. The van der Waals surface area contributed by atoms with Crippen LogP contribution in [-0.2, 0) is 9.53 Å². The van der Waals surface area contributed by atoms with Gasteiger partial charge in [0.2, 0.25) is 0 Å². The summed E-state index contributed by atoms with van der Waals surface area (Å²) in [7, 11) is 0. The lowest BCUT2D eigenvalue weighted by molar-refractivity contribution is -0.143. The van der Waals surface area contributed by atoms with E-state index in [0.29, 0.717) is 10.6 Å². The number of aliphatic carboxylic acids is 1. The SMILES string of the molecule is CCN(C(=O)OCC1c2ccccc2-c2ccccc21)C(C(=O)O)c1ccc(C)c(Cl)c1. The first-order valence-electron chi connectivity index (χ1n) is 10.5. The molecule has 3 aromatic carbocycles. The molecule has 0 aromatic heterocycles. The second kappa shape index (κ2) is 9.05. The standard InChI is InChI=1S/C26H24ClNO4/c1-3-28(24(25(29)30)17-13-12-16(2)23(27)14-17)26(31)32-15-22-20-10-6-4-8-18(20)19-9-5-7-11-21(19)22/h4-14,22,24H,3,15H2,1-2H3,(H,29,30). The van der Waals surface area contributed by atoms with Crippen LogP contribution >= 0.6 is 11.6 Å². The van der Waals surface area contributed by atoms with Gasteiger partial charge in [-0.2, -0.15) is 0 Å². The van der Waals surface area contributed by atoms with Gasteiger partial charge in [0.15, 0.2) is 6.04 Å². The van der Waals surface area contributed by atoms with Gasteiger partial charge in [0.05, 0.1) is 0 Å². The minimum Gasteiger partial charge on any atom is -0.479 e. The van der Waals surface area contributed by atoms with Crippen LogP contribution in [0.3, 0.4) is 0 Å². The largest absolute Gasteiger partial charge is 0.479 e. The van der Waals surface area contributed by atoms with E-state index in [-0.39, 0.29) is 19.1 Å². The number of ether oxygens (including phenoxy) is 1. The van der Waals surface area contributed by atoms with Crippen molar-refractivity contribution in [2.75, 3.05) is 13.2 Å². The third-order valence-electron chi connectivity index (χ3n) is 5.97. The van der Waals surface area contributed by atoms with Gasteiger partial charge >= 0.3 is 12.1 Å². The van der Waals surface area contributed by atoms with Crippen LogP contribution in [0.5, 0.6) is 0 Å². The van der Waals surface area contributed by atoms with Crippen molar-refractivity contribution >= 4 is 23.7 Å². The number of halogens is 1. The summed E-state index contributed by atoms with van der Waals surface area (Å²) in [5, 5.41) is 10.3. The van der Waals surface area contributed by atoms with Gasteiger partial charge < -0.3 is 9.84 Å². The Bertz CT molecular complexity index is 1130. The number of carbonyl (C=O) groups is 2. The van der Waals surface area contributed by atoms with E-state index in [1.165, 1.54) is 4.90 Å². The van der Waals surface area contributed by atoms with Crippen LogP contribution in [0.4, 0.5) is 4.79 Å². The van der Waals surface area contributed by atoms with Crippen molar-refractivity contribution in [2.45, 2.75) is 25.8 Å². The molecule has 0 saturated heterocycles. The summed E-state index contributed by atoms with van der Waals surface area (Å²) in [6.45, 7) is 3.88. The van der Waals surface area contributed by atoms with Gasteiger partial charge in [-0.15, -0.1) is 0 Å². The summed E-state index contributed by atoms with van der Waals surface area (Å²) in [5.41, 5.74) is 5.74. The Morgan fingerprint density at radius 1 is 1.03 bits per heavy atom. The molecule has 1 aliphatic rings. The summed E-state index contributed by atoms with van der Waals surface area (Å²) >= 11 is 6.21. The summed E-state index contributed by atoms with van der Waals surface area (Å²) in [6.07, 6.45) is -0.668. The Hall–Kier alpha value is -3.31. The van der Waals surface area contributed by atoms with Gasteiger partial charge in [-0.25, -0.2) is 9.59 Å². The smallest absolute Gasteiger partial charge is 0.410 e. The molecule has 4 rings (SSSR count). The van der Waals surface area contributed by atoms with Gasteiger partial charge in [0, 0.05) is 17.5 Å². The number of fused-ring (bicyclic) bond motifs is 3. The first kappa shape index (κ1) is 21.9. The highest BCUT2D eigenvalue weighted by Crippen LogP contribution is 2.44. The van der Waals surface area contributed by atoms with Gasteiger partial charge in [0.1, 0.15) is 6.61 Å². The van der Waals surface area contributed by atoms with E-state index in [9.17, 15) is 14.7 Å². The molecule has 5 nitrogen and oxygen atoms in total. The fourth-order valence-electron chi connectivity index (χ4n) is 4.33. The number of carboxylic acids is 1. The highest BCUT2D eigenvalue weighted by Gasteiger charge is 2.34. The molecule has 0 radical (unpaired) electrons. The zero-order chi connectivity index (χ0) is 22.8. The predicted octanol–water partition coefficient (Wildman–Crippen LogP) is 6.05. The Labute approximate surface area is 192 Å². The molecule has 1 amide bonds. The van der Waals surface area contributed by atoms with Crippen LogP contribution in [0.15, 0.2) is 66.7 Å². The van der Waals surface area contributed by atoms with Crippen molar-refractivity contribution in [3.63, 3.8) is 0 Å². The number of nitrogens with zero attached hydrogens (tertiary/aromatic N) is 1. The monoisotopic (exact) mass is 449 g/mol. The van der Waals surface area contributed by atoms with Crippen LogP contribution in [0.2, 0.25) is 5.02 Å². The molecule has 1 atom stereocenters. The summed E-state index contributed by atoms with van der Waals surface area (Å²) in [5.74, 6) is -1.23. The van der Waals surface area contributed by atoms with Crippen molar-refractivity contribution in [1.29, 1.82) is 0 Å². The first-order valence-corrected chi connectivity index (χ1v) is 10.9. The average Bonchev–Trinajstić information content (AvgIpc) is 3.11. The number of carbonyl (C=O) groups excluding carboxylic acids is 1. The summed E-state index contributed by atoms with van der Waals surface area (Å²) in [4.78, 5) is 26.3. The molecule has 1 N–H and O–H groups in total. The van der Waals surface area contributed by atoms with Crippen molar-refractivity contribution in [1.82, 2.24) is 4.90 Å². The fourth-order valence-corrected chi connectivity index (χ4v) is 4.52. The van der Waals surface area contributed by atoms with Crippen LogP contribution in [-0.4, -0.2) is 35.2 Å². The van der Waals surface area contributed by atoms with Crippen LogP contribution in [0.25, 0.3) is 11.1 Å². The number of rotatable bonds is 6. The molecule has 164 valence electrons. The minimum absolute atomic E-state index is 0.0952. The second-order valence-electron chi connectivity index (χ2n) is 7.84. The van der Waals surface area contributed by atoms with Crippen molar-refractivity contribution in [3.8, 4) is 11.1 Å². The first-order chi connectivity index (χ1) is 15.4. The molecule has 0 saturated carbocycles. The zero-order valence-electron chi connectivity index (χ0n) is 17.9. The molecule has 0 heterocycles. The van der Waals surface area contributed by atoms with Crippen LogP contribution < -0.4 is 0 Å².